The van der Waals surface area contributed by atoms with E-state index in [1.54, 1.807) is 0 Å². The van der Waals surface area contributed by atoms with E-state index in [1.807, 2.05) is 0 Å². The van der Waals surface area contributed by atoms with Gasteiger partial charge in [-0.25, -0.2) is 13.8 Å². The molecule has 0 aliphatic heterocycles. The summed E-state index contributed by atoms with van der Waals surface area (Å²) in [5, 5.41) is -1.35. The predicted molar refractivity (Wildman–Crippen MR) is 49.1 cm³/mol. The number of hydrogen-bond donors (Lipinski definition) is 0. The highest BCUT2D eigenvalue weighted by atomic mass is 35.5. The van der Waals surface area contributed by atoms with Crippen molar-refractivity contribution in [3.8, 4) is 0 Å². The van der Waals surface area contributed by atoms with E-state index < -0.39 is 17.2 Å². The molecule has 6 heteroatoms. The van der Waals surface area contributed by atoms with Gasteiger partial charge >= 0.3 is 0 Å². The second-order valence-electron chi connectivity index (χ2n) is 2.59. The maximum atomic E-state index is 12.4. The molecule has 14 heavy (non-hydrogen) atoms. The maximum absolute atomic E-state index is 12.4. The quantitative estimate of drug-likeness (QED) is 0.586. The Morgan fingerprint density at radius 1 is 1.57 bits per heavy atom. The molecule has 0 amide bonds. The van der Waals surface area contributed by atoms with E-state index in [1.165, 1.54) is 13.0 Å². The van der Waals surface area contributed by atoms with Crippen molar-refractivity contribution in [2.75, 3.05) is 0 Å². The summed E-state index contributed by atoms with van der Waals surface area (Å²) < 4.78 is 24.9. The SMILES string of the molecule is Cc1cc(C(=O)Cl)c(C(F)F)c(Cl)n1. The zero-order valence-electron chi connectivity index (χ0n) is 7.02. The molecule has 0 aliphatic rings. The highest BCUT2D eigenvalue weighted by Crippen LogP contribution is 2.30. The number of aryl methyl sites for hydroxylation is 1. The fraction of sp³-hybridized carbons (Fsp3) is 0.250. The molecule has 2 nitrogen and oxygen atoms in total. The first-order valence-corrected chi connectivity index (χ1v) is 4.34. The monoisotopic (exact) mass is 239 g/mol. The van der Waals surface area contributed by atoms with Gasteiger partial charge in [-0.2, -0.15) is 0 Å². The number of rotatable bonds is 2. The third kappa shape index (κ3) is 2.19. The average Bonchev–Trinajstić information content (AvgIpc) is 2.01. The molecule has 1 aromatic heterocycles. The smallest absolute Gasteiger partial charge is 0.267 e. The molecule has 0 unspecified atom stereocenters. The molecule has 0 N–H and O–H groups in total. The standard InChI is InChI=1S/C8H5Cl2F2NO/c1-3-2-4(7(10)14)5(8(11)12)6(9)13-3/h2,8H,1H3. The third-order valence-electron chi connectivity index (χ3n) is 1.57. The van der Waals surface area contributed by atoms with Crippen LogP contribution in [0.15, 0.2) is 6.07 Å². The Labute approximate surface area is 88.8 Å². The number of nitrogens with zero attached hydrogens (tertiary/aromatic N) is 1. The van der Waals surface area contributed by atoms with Crippen LogP contribution in [0.4, 0.5) is 8.78 Å². The van der Waals surface area contributed by atoms with Crippen molar-refractivity contribution in [2.45, 2.75) is 13.3 Å². The van der Waals surface area contributed by atoms with Gasteiger partial charge in [-0.05, 0) is 24.6 Å². The summed E-state index contributed by atoms with van der Waals surface area (Å²) in [6.07, 6.45) is -2.87. The van der Waals surface area contributed by atoms with Crippen LogP contribution >= 0.6 is 23.2 Å². The summed E-state index contributed by atoms with van der Waals surface area (Å²) in [5.74, 6) is 0. The van der Waals surface area contributed by atoms with Crippen LogP contribution in [0.5, 0.6) is 0 Å². The Kier molecular flexibility index (Phi) is 3.39. The van der Waals surface area contributed by atoms with Gasteiger partial charge in [-0.3, -0.25) is 4.79 Å². The molecular weight excluding hydrogens is 235 g/mol. The molecule has 0 aromatic carbocycles. The van der Waals surface area contributed by atoms with E-state index in [0.29, 0.717) is 5.69 Å². The fourth-order valence-electron chi connectivity index (χ4n) is 1.02. The highest BCUT2D eigenvalue weighted by Gasteiger charge is 2.22. The fourth-order valence-corrected chi connectivity index (χ4v) is 1.49. The summed E-state index contributed by atoms with van der Waals surface area (Å²) >= 11 is 10.6. The van der Waals surface area contributed by atoms with Crippen molar-refractivity contribution >= 4 is 28.4 Å². The molecule has 0 saturated carbocycles. The lowest BCUT2D eigenvalue weighted by molar-refractivity contribution is 0.106. The minimum atomic E-state index is -2.87. The molecule has 0 radical (unpaired) electrons. The zero-order valence-corrected chi connectivity index (χ0v) is 8.53. The second kappa shape index (κ2) is 4.19. The number of pyridine rings is 1. The molecule has 0 atom stereocenters. The first-order valence-electron chi connectivity index (χ1n) is 3.58. The van der Waals surface area contributed by atoms with Crippen LogP contribution in [0.25, 0.3) is 0 Å². The van der Waals surface area contributed by atoms with Crippen LogP contribution in [0.1, 0.15) is 28.0 Å². The summed E-state index contributed by atoms with van der Waals surface area (Å²) in [6.45, 7) is 1.53. The summed E-state index contributed by atoms with van der Waals surface area (Å²) in [6, 6.07) is 1.18. The van der Waals surface area contributed by atoms with E-state index in [-0.39, 0.29) is 10.7 Å². The Morgan fingerprint density at radius 2 is 2.14 bits per heavy atom. The van der Waals surface area contributed by atoms with Crippen LogP contribution in [-0.4, -0.2) is 10.2 Å². The van der Waals surface area contributed by atoms with Gasteiger partial charge in [0.25, 0.3) is 11.7 Å². The Balaban J connectivity index is 3.44. The van der Waals surface area contributed by atoms with Gasteiger partial charge in [0.15, 0.2) is 0 Å². The summed E-state index contributed by atoms with van der Waals surface area (Å²) in [5.41, 5.74) is -0.542. The normalized spacial score (nSPS) is 10.7. The average molecular weight is 240 g/mol. The number of aromatic nitrogens is 1. The Bertz CT molecular complexity index is 382. The van der Waals surface area contributed by atoms with E-state index in [2.05, 4.69) is 4.98 Å². The molecule has 0 fully saturated rings. The molecule has 0 bridgehead atoms. The lowest BCUT2D eigenvalue weighted by atomic mass is 10.1. The number of halogens is 4. The van der Waals surface area contributed by atoms with Crippen molar-refractivity contribution < 1.29 is 13.6 Å². The number of carbonyl (C=O) groups excluding carboxylic acids is 1. The maximum Gasteiger partial charge on any atom is 0.267 e. The molecule has 0 aliphatic carbocycles. The third-order valence-corrected chi connectivity index (χ3v) is 2.06. The number of carbonyl (C=O) groups is 1. The van der Waals surface area contributed by atoms with Gasteiger partial charge in [0, 0.05) is 11.3 Å². The second-order valence-corrected chi connectivity index (χ2v) is 3.29. The molecule has 1 rings (SSSR count). The van der Waals surface area contributed by atoms with Crippen LogP contribution in [-0.2, 0) is 0 Å². The molecular formula is C8H5Cl2F2NO. The van der Waals surface area contributed by atoms with Gasteiger partial charge in [0.1, 0.15) is 5.15 Å². The molecule has 1 heterocycles. The lowest BCUT2D eigenvalue weighted by Gasteiger charge is -2.07. The minimum Gasteiger partial charge on any atom is -0.276 e. The van der Waals surface area contributed by atoms with Gasteiger partial charge in [-0.1, -0.05) is 11.6 Å². The molecule has 0 saturated heterocycles. The largest absolute Gasteiger partial charge is 0.276 e. The Hall–Kier alpha value is -0.740. The van der Waals surface area contributed by atoms with Crippen molar-refractivity contribution in [3.63, 3.8) is 0 Å². The highest BCUT2D eigenvalue weighted by molar-refractivity contribution is 6.68. The Morgan fingerprint density at radius 3 is 2.57 bits per heavy atom. The summed E-state index contributed by atoms with van der Waals surface area (Å²) in [7, 11) is 0. The van der Waals surface area contributed by atoms with Crippen molar-refractivity contribution in [1.29, 1.82) is 0 Å². The van der Waals surface area contributed by atoms with E-state index in [0.717, 1.165) is 0 Å². The number of alkyl halides is 2. The predicted octanol–water partition coefficient (Wildman–Crippen LogP) is 3.36. The topological polar surface area (TPSA) is 30.0 Å². The summed E-state index contributed by atoms with van der Waals surface area (Å²) in [4.78, 5) is 14.4. The molecule has 76 valence electrons. The van der Waals surface area contributed by atoms with Gasteiger partial charge in [0.05, 0.1) is 5.56 Å². The first kappa shape index (κ1) is 11.3. The van der Waals surface area contributed by atoms with Crippen LogP contribution < -0.4 is 0 Å². The first-order chi connectivity index (χ1) is 6.43. The van der Waals surface area contributed by atoms with Crippen molar-refractivity contribution in [3.05, 3.63) is 28.0 Å². The van der Waals surface area contributed by atoms with E-state index in [4.69, 9.17) is 23.2 Å². The van der Waals surface area contributed by atoms with E-state index in [9.17, 15) is 13.6 Å². The van der Waals surface area contributed by atoms with Crippen molar-refractivity contribution in [2.24, 2.45) is 0 Å². The lowest BCUT2D eigenvalue weighted by Crippen LogP contribution is -2.02. The minimum absolute atomic E-state index is 0.292. The van der Waals surface area contributed by atoms with Crippen molar-refractivity contribution in [1.82, 2.24) is 4.98 Å². The number of hydrogen-bond acceptors (Lipinski definition) is 2. The van der Waals surface area contributed by atoms with Crippen LogP contribution in [0, 0.1) is 6.92 Å². The zero-order chi connectivity index (χ0) is 10.9. The van der Waals surface area contributed by atoms with Crippen LogP contribution in [0.2, 0.25) is 5.15 Å². The van der Waals surface area contributed by atoms with Crippen LogP contribution in [0.3, 0.4) is 0 Å². The van der Waals surface area contributed by atoms with E-state index >= 15 is 0 Å². The van der Waals surface area contributed by atoms with Gasteiger partial charge in [-0.15, -0.1) is 0 Å². The molecule has 0 spiro atoms. The van der Waals surface area contributed by atoms with Gasteiger partial charge in [0.2, 0.25) is 0 Å². The molecule has 1 aromatic rings. The van der Waals surface area contributed by atoms with Gasteiger partial charge < -0.3 is 0 Å².